The van der Waals surface area contributed by atoms with Crippen LogP contribution in [0.1, 0.15) is 27.5 Å². The Morgan fingerprint density at radius 1 is 0.871 bits per heavy atom. The minimum absolute atomic E-state index is 0.0703. The van der Waals surface area contributed by atoms with Gasteiger partial charge in [-0.1, -0.05) is 35.9 Å². The number of carbonyl (C=O) groups excluding carboxylic acids is 1. The van der Waals surface area contributed by atoms with Gasteiger partial charge in [0.25, 0.3) is 5.91 Å². The van der Waals surface area contributed by atoms with E-state index in [4.69, 9.17) is 21.1 Å². The van der Waals surface area contributed by atoms with E-state index in [0.717, 1.165) is 17.4 Å². The number of methoxy groups -OCH3 is 2. The highest BCUT2D eigenvalue weighted by Gasteiger charge is 2.21. The van der Waals surface area contributed by atoms with Gasteiger partial charge < -0.3 is 14.8 Å². The Morgan fingerprint density at radius 3 is 1.77 bits per heavy atom. The predicted molar refractivity (Wildman–Crippen MR) is 120 cm³/mol. The summed E-state index contributed by atoms with van der Waals surface area (Å²) in [7, 11) is -0.415. The summed E-state index contributed by atoms with van der Waals surface area (Å²) >= 11 is 6.01. The lowest BCUT2D eigenvalue weighted by atomic mass is 9.98. The number of carbonyl (C=O) groups is 1. The van der Waals surface area contributed by atoms with E-state index in [2.05, 4.69) is 5.32 Å². The van der Waals surface area contributed by atoms with Crippen molar-refractivity contribution in [1.82, 2.24) is 5.32 Å². The molecule has 0 atom stereocenters. The summed E-state index contributed by atoms with van der Waals surface area (Å²) in [5, 5.41) is 3.05. The van der Waals surface area contributed by atoms with Crippen molar-refractivity contribution in [2.75, 3.05) is 20.5 Å². The van der Waals surface area contributed by atoms with Crippen molar-refractivity contribution < 1.29 is 22.7 Å². The quantitative estimate of drug-likeness (QED) is 0.570. The summed E-state index contributed by atoms with van der Waals surface area (Å²) in [4.78, 5) is 12.9. The molecule has 0 radical (unpaired) electrons. The average molecular weight is 460 g/mol. The first kappa shape index (κ1) is 22.7. The van der Waals surface area contributed by atoms with Gasteiger partial charge in [0.1, 0.15) is 11.5 Å². The second-order valence-corrected chi connectivity index (χ2v) is 9.26. The van der Waals surface area contributed by atoms with Gasteiger partial charge in [-0.3, -0.25) is 4.79 Å². The molecule has 3 aromatic rings. The van der Waals surface area contributed by atoms with Crippen LogP contribution >= 0.6 is 11.6 Å². The Balaban J connectivity index is 1.98. The number of benzene rings is 3. The number of nitrogens with one attached hydrogen (secondary N) is 1. The fourth-order valence-corrected chi connectivity index (χ4v) is 4.40. The van der Waals surface area contributed by atoms with Gasteiger partial charge in [0.05, 0.1) is 30.2 Å². The Morgan fingerprint density at radius 2 is 1.35 bits per heavy atom. The lowest BCUT2D eigenvalue weighted by Crippen LogP contribution is -2.29. The Labute approximate surface area is 186 Å². The first-order chi connectivity index (χ1) is 14.7. The Kier molecular flexibility index (Phi) is 6.87. The molecule has 0 saturated heterocycles. The van der Waals surface area contributed by atoms with Crippen molar-refractivity contribution in [3.8, 4) is 11.5 Å². The molecule has 162 valence electrons. The zero-order chi connectivity index (χ0) is 22.6. The SMILES string of the molecule is COc1ccc(C(NC(=O)c2ccc(Cl)c(S(C)(=O)=O)c2)c2ccc(OC)cc2)cc1. The highest BCUT2D eigenvalue weighted by Crippen LogP contribution is 2.27. The van der Waals surface area contributed by atoms with E-state index >= 15 is 0 Å². The monoisotopic (exact) mass is 459 g/mol. The number of hydrogen-bond donors (Lipinski definition) is 1. The largest absolute Gasteiger partial charge is 0.497 e. The molecule has 1 amide bonds. The van der Waals surface area contributed by atoms with E-state index in [1.807, 2.05) is 48.5 Å². The van der Waals surface area contributed by atoms with Crippen LogP contribution < -0.4 is 14.8 Å². The van der Waals surface area contributed by atoms with E-state index in [1.54, 1.807) is 14.2 Å². The minimum Gasteiger partial charge on any atom is -0.497 e. The highest BCUT2D eigenvalue weighted by molar-refractivity contribution is 7.90. The number of rotatable bonds is 7. The molecule has 0 unspecified atom stereocenters. The molecular weight excluding hydrogens is 438 g/mol. The van der Waals surface area contributed by atoms with Crippen LogP contribution in [0, 0.1) is 0 Å². The van der Waals surface area contributed by atoms with Crippen LogP contribution in [0.2, 0.25) is 5.02 Å². The molecule has 0 bridgehead atoms. The van der Waals surface area contributed by atoms with Crippen LogP contribution in [0.3, 0.4) is 0 Å². The van der Waals surface area contributed by atoms with E-state index in [-0.39, 0.29) is 15.5 Å². The fourth-order valence-electron chi connectivity index (χ4n) is 3.10. The number of ether oxygens (including phenoxy) is 2. The van der Waals surface area contributed by atoms with Gasteiger partial charge in [-0.15, -0.1) is 0 Å². The molecule has 0 spiro atoms. The molecule has 8 heteroatoms. The lowest BCUT2D eigenvalue weighted by Gasteiger charge is -2.21. The molecule has 0 aliphatic heterocycles. The molecule has 6 nitrogen and oxygen atoms in total. The fraction of sp³-hybridized carbons (Fsp3) is 0.174. The third kappa shape index (κ3) is 5.37. The first-order valence-electron chi connectivity index (χ1n) is 9.31. The van der Waals surface area contributed by atoms with Crippen molar-refractivity contribution in [1.29, 1.82) is 0 Å². The molecule has 31 heavy (non-hydrogen) atoms. The van der Waals surface area contributed by atoms with E-state index in [9.17, 15) is 13.2 Å². The van der Waals surface area contributed by atoms with Crippen LogP contribution in [0.15, 0.2) is 71.6 Å². The summed E-state index contributed by atoms with van der Waals surface area (Å²) < 4.78 is 34.4. The van der Waals surface area contributed by atoms with Crippen LogP contribution in [0.25, 0.3) is 0 Å². The molecule has 0 aromatic heterocycles. The summed E-state index contributed by atoms with van der Waals surface area (Å²) in [6.07, 6.45) is 1.05. The number of halogens is 1. The van der Waals surface area contributed by atoms with Crippen molar-refractivity contribution in [3.05, 3.63) is 88.4 Å². The van der Waals surface area contributed by atoms with Gasteiger partial charge in [0, 0.05) is 11.8 Å². The van der Waals surface area contributed by atoms with Gasteiger partial charge in [-0.2, -0.15) is 0 Å². The smallest absolute Gasteiger partial charge is 0.252 e. The molecule has 0 heterocycles. The molecule has 0 saturated carbocycles. The predicted octanol–water partition coefficient (Wildman–Crippen LogP) is 4.28. The maximum Gasteiger partial charge on any atom is 0.252 e. The first-order valence-corrected chi connectivity index (χ1v) is 11.6. The lowest BCUT2D eigenvalue weighted by molar-refractivity contribution is 0.0942. The number of sulfone groups is 1. The zero-order valence-corrected chi connectivity index (χ0v) is 18.8. The van der Waals surface area contributed by atoms with Crippen molar-refractivity contribution in [3.63, 3.8) is 0 Å². The maximum absolute atomic E-state index is 13.0. The summed E-state index contributed by atoms with van der Waals surface area (Å²) in [5.74, 6) is 0.955. The number of amides is 1. The second-order valence-electron chi connectivity index (χ2n) is 6.87. The molecule has 0 fully saturated rings. The topological polar surface area (TPSA) is 81.7 Å². The third-order valence-electron chi connectivity index (χ3n) is 4.77. The van der Waals surface area contributed by atoms with Gasteiger partial charge >= 0.3 is 0 Å². The summed E-state index contributed by atoms with van der Waals surface area (Å²) in [5.41, 5.74) is 1.85. The molecule has 0 aliphatic rings. The van der Waals surface area contributed by atoms with Crippen LogP contribution in [0.4, 0.5) is 0 Å². The highest BCUT2D eigenvalue weighted by atomic mass is 35.5. The Bertz CT molecular complexity index is 1130. The summed E-state index contributed by atoms with van der Waals surface area (Å²) in [6, 6.07) is 18.4. The molecule has 3 aromatic carbocycles. The van der Waals surface area contributed by atoms with Gasteiger partial charge in [0.2, 0.25) is 0 Å². The van der Waals surface area contributed by atoms with Crippen LogP contribution in [-0.2, 0) is 9.84 Å². The Hall–Kier alpha value is -3.03. The molecule has 1 N–H and O–H groups in total. The standard InChI is InChI=1S/C23H22ClNO5S/c1-29-18-9-4-15(5-10-18)22(16-6-11-19(30-2)12-7-16)25-23(26)17-8-13-20(24)21(14-17)31(3,27)28/h4-14,22H,1-3H3,(H,25,26). The molecule has 0 aliphatic carbocycles. The minimum atomic E-state index is -3.58. The van der Waals surface area contributed by atoms with Crippen LogP contribution in [0.5, 0.6) is 11.5 Å². The van der Waals surface area contributed by atoms with Gasteiger partial charge in [-0.25, -0.2) is 8.42 Å². The maximum atomic E-state index is 13.0. The third-order valence-corrected chi connectivity index (χ3v) is 6.34. The van der Waals surface area contributed by atoms with Crippen molar-refractivity contribution in [2.45, 2.75) is 10.9 Å². The summed E-state index contributed by atoms with van der Waals surface area (Å²) in [6.45, 7) is 0. The normalized spacial score (nSPS) is 11.3. The van der Waals surface area contributed by atoms with Crippen LogP contribution in [-0.4, -0.2) is 34.8 Å². The van der Waals surface area contributed by atoms with Crippen molar-refractivity contribution in [2.24, 2.45) is 0 Å². The van der Waals surface area contributed by atoms with Gasteiger partial charge in [-0.05, 0) is 53.6 Å². The molecular formula is C23H22ClNO5S. The van der Waals surface area contributed by atoms with E-state index in [0.29, 0.717) is 11.5 Å². The number of hydrogen-bond acceptors (Lipinski definition) is 5. The second kappa shape index (κ2) is 9.41. The molecule has 3 rings (SSSR count). The average Bonchev–Trinajstić information content (AvgIpc) is 2.77. The van der Waals surface area contributed by atoms with E-state index < -0.39 is 21.8 Å². The van der Waals surface area contributed by atoms with Gasteiger partial charge in [0.15, 0.2) is 9.84 Å². The van der Waals surface area contributed by atoms with E-state index in [1.165, 1.54) is 18.2 Å². The zero-order valence-electron chi connectivity index (χ0n) is 17.3. The van der Waals surface area contributed by atoms with Crippen molar-refractivity contribution >= 4 is 27.3 Å².